The molecule has 1 aromatic carbocycles. The predicted octanol–water partition coefficient (Wildman–Crippen LogP) is 3.69. The third-order valence-corrected chi connectivity index (χ3v) is 4.15. The molecule has 0 spiro atoms. The molecule has 1 aliphatic rings. The molecule has 0 atom stereocenters. The summed E-state index contributed by atoms with van der Waals surface area (Å²) in [6.45, 7) is 4.00. The Bertz CT molecular complexity index is 773. The number of rotatable bonds is 1. The maximum absolute atomic E-state index is 6.01. The lowest BCUT2D eigenvalue weighted by Gasteiger charge is -2.23. The molecule has 0 unspecified atom stereocenters. The first-order chi connectivity index (χ1) is 10.1. The number of hydrogen-bond acceptors (Lipinski definition) is 3. The molecule has 0 saturated heterocycles. The molecule has 2 N–H and O–H groups in total. The van der Waals surface area contributed by atoms with Crippen LogP contribution in [0.5, 0.6) is 11.8 Å². The van der Waals surface area contributed by atoms with Crippen LogP contribution in [0.1, 0.15) is 34.0 Å². The second-order valence-corrected chi connectivity index (χ2v) is 5.66. The molecule has 2 aromatic heterocycles. The summed E-state index contributed by atoms with van der Waals surface area (Å²) >= 11 is 6.01. The second kappa shape index (κ2) is 4.36. The van der Waals surface area contributed by atoms with Gasteiger partial charge in [0.2, 0.25) is 11.8 Å². The number of aromatic amines is 2. The zero-order valence-corrected chi connectivity index (χ0v) is 12.3. The molecule has 0 saturated carbocycles. The van der Waals surface area contributed by atoms with Crippen molar-refractivity contribution in [2.24, 2.45) is 0 Å². The molecular weight excluding hydrogens is 288 g/mol. The minimum absolute atomic E-state index is 0.0403. The standard InChI is InChI=1S/C15H13ClN4O/c1-7-11-13(9-3-5-10(16)6-4-9)12-8(2)18-20-15(12)21-14(11)19-17-7/h3-6,13H,1-2H3,(H,17,19)(H,18,20). The molecule has 21 heavy (non-hydrogen) atoms. The van der Waals surface area contributed by atoms with Gasteiger partial charge in [0.05, 0.1) is 0 Å². The number of nitrogens with zero attached hydrogens (tertiary/aromatic N) is 2. The van der Waals surface area contributed by atoms with Crippen molar-refractivity contribution in [1.29, 1.82) is 0 Å². The van der Waals surface area contributed by atoms with Crippen molar-refractivity contribution in [3.05, 3.63) is 57.4 Å². The van der Waals surface area contributed by atoms with E-state index in [4.69, 9.17) is 16.3 Å². The topological polar surface area (TPSA) is 66.6 Å². The van der Waals surface area contributed by atoms with Gasteiger partial charge in [-0.05, 0) is 31.5 Å². The van der Waals surface area contributed by atoms with Crippen LogP contribution >= 0.6 is 11.6 Å². The van der Waals surface area contributed by atoms with E-state index >= 15 is 0 Å². The molecule has 6 heteroatoms. The zero-order chi connectivity index (χ0) is 14.6. The number of ether oxygens (including phenoxy) is 1. The third-order valence-electron chi connectivity index (χ3n) is 3.89. The number of nitrogens with one attached hydrogen (secondary N) is 2. The number of fused-ring (bicyclic) bond motifs is 2. The summed E-state index contributed by atoms with van der Waals surface area (Å²) in [6, 6.07) is 7.86. The number of aromatic nitrogens is 4. The molecule has 0 radical (unpaired) electrons. The average molecular weight is 301 g/mol. The molecule has 5 nitrogen and oxygen atoms in total. The summed E-state index contributed by atoms with van der Waals surface area (Å²) < 4.78 is 5.78. The van der Waals surface area contributed by atoms with E-state index in [-0.39, 0.29) is 5.92 Å². The summed E-state index contributed by atoms with van der Waals surface area (Å²) in [5.41, 5.74) is 5.23. The fourth-order valence-corrected chi connectivity index (χ4v) is 3.02. The van der Waals surface area contributed by atoms with Gasteiger partial charge in [0, 0.05) is 33.5 Å². The van der Waals surface area contributed by atoms with E-state index in [9.17, 15) is 0 Å². The van der Waals surface area contributed by atoms with Crippen LogP contribution in [0.2, 0.25) is 5.02 Å². The lowest BCUT2D eigenvalue weighted by molar-refractivity contribution is 0.418. The van der Waals surface area contributed by atoms with Crippen LogP contribution in [0.25, 0.3) is 0 Å². The van der Waals surface area contributed by atoms with Crippen molar-refractivity contribution < 1.29 is 4.74 Å². The molecule has 0 fully saturated rings. The van der Waals surface area contributed by atoms with E-state index in [2.05, 4.69) is 20.4 Å². The van der Waals surface area contributed by atoms with E-state index in [0.29, 0.717) is 11.8 Å². The fraction of sp³-hybridized carbons (Fsp3) is 0.200. The number of hydrogen-bond donors (Lipinski definition) is 2. The third kappa shape index (κ3) is 1.77. The molecule has 3 aromatic rings. The van der Waals surface area contributed by atoms with Gasteiger partial charge in [-0.2, -0.15) is 0 Å². The number of halogens is 1. The Balaban J connectivity index is 1.98. The largest absolute Gasteiger partial charge is 0.417 e. The van der Waals surface area contributed by atoms with Crippen LogP contribution in [0, 0.1) is 13.8 Å². The smallest absolute Gasteiger partial charge is 0.244 e. The van der Waals surface area contributed by atoms with Crippen molar-refractivity contribution in [3.63, 3.8) is 0 Å². The highest BCUT2D eigenvalue weighted by Crippen LogP contribution is 2.47. The van der Waals surface area contributed by atoms with Gasteiger partial charge < -0.3 is 4.74 Å². The van der Waals surface area contributed by atoms with E-state index in [1.54, 1.807) is 0 Å². The molecule has 0 amide bonds. The van der Waals surface area contributed by atoms with Gasteiger partial charge in [-0.15, -0.1) is 10.2 Å². The minimum Gasteiger partial charge on any atom is -0.417 e. The van der Waals surface area contributed by atoms with Crippen LogP contribution in [-0.2, 0) is 0 Å². The Kier molecular flexibility index (Phi) is 2.59. The quantitative estimate of drug-likeness (QED) is 0.563. The van der Waals surface area contributed by atoms with Gasteiger partial charge in [0.1, 0.15) is 0 Å². The first-order valence-corrected chi connectivity index (χ1v) is 7.06. The Morgan fingerprint density at radius 2 is 1.48 bits per heavy atom. The lowest BCUT2D eigenvalue weighted by Crippen LogP contribution is -2.11. The number of H-pyrrole nitrogens is 2. The van der Waals surface area contributed by atoms with Gasteiger partial charge in [0.25, 0.3) is 0 Å². The number of benzene rings is 1. The minimum atomic E-state index is 0.0403. The highest BCUT2D eigenvalue weighted by molar-refractivity contribution is 6.30. The van der Waals surface area contributed by atoms with E-state index in [0.717, 1.165) is 33.1 Å². The Morgan fingerprint density at radius 1 is 0.952 bits per heavy atom. The van der Waals surface area contributed by atoms with Crippen LogP contribution < -0.4 is 4.74 Å². The Hall–Kier alpha value is -2.27. The lowest BCUT2D eigenvalue weighted by atomic mass is 9.84. The summed E-state index contributed by atoms with van der Waals surface area (Å²) in [5, 5.41) is 15.2. The maximum atomic E-state index is 6.01. The Labute approximate surface area is 126 Å². The van der Waals surface area contributed by atoms with Crippen molar-refractivity contribution in [2.45, 2.75) is 19.8 Å². The van der Waals surface area contributed by atoms with Gasteiger partial charge >= 0.3 is 0 Å². The van der Waals surface area contributed by atoms with Crippen molar-refractivity contribution in [2.75, 3.05) is 0 Å². The molecule has 106 valence electrons. The van der Waals surface area contributed by atoms with Crippen LogP contribution in [0.3, 0.4) is 0 Å². The molecular formula is C15H13ClN4O. The van der Waals surface area contributed by atoms with E-state index < -0.39 is 0 Å². The first kappa shape index (κ1) is 12.5. The van der Waals surface area contributed by atoms with Gasteiger partial charge in [-0.1, -0.05) is 23.7 Å². The summed E-state index contributed by atoms with van der Waals surface area (Å²) in [6.07, 6.45) is 0. The highest BCUT2D eigenvalue weighted by Gasteiger charge is 2.35. The van der Waals surface area contributed by atoms with Crippen molar-refractivity contribution in [1.82, 2.24) is 20.4 Å². The average Bonchev–Trinajstić information content (AvgIpc) is 3.03. The zero-order valence-electron chi connectivity index (χ0n) is 11.6. The summed E-state index contributed by atoms with van der Waals surface area (Å²) in [7, 11) is 0. The van der Waals surface area contributed by atoms with Crippen molar-refractivity contribution in [3.8, 4) is 11.8 Å². The molecule has 1 aliphatic heterocycles. The van der Waals surface area contributed by atoms with E-state index in [1.807, 2.05) is 38.1 Å². The van der Waals surface area contributed by atoms with Gasteiger partial charge in [0.15, 0.2) is 0 Å². The first-order valence-electron chi connectivity index (χ1n) is 6.68. The molecule has 0 bridgehead atoms. The predicted molar refractivity (Wildman–Crippen MR) is 79.1 cm³/mol. The van der Waals surface area contributed by atoms with E-state index in [1.165, 1.54) is 0 Å². The monoisotopic (exact) mass is 300 g/mol. The molecule has 0 aliphatic carbocycles. The fourth-order valence-electron chi connectivity index (χ4n) is 2.89. The van der Waals surface area contributed by atoms with Gasteiger partial charge in [-0.25, -0.2) is 0 Å². The SMILES string of the molecule is Cc1[nH]nc2c1C(c1ccc(Cl)cc1)c1c(n[nH]c1C)O2. The second-order valence-electron chi connectivity index (χ2n) is 5.22. The van der Waals surface area contributed by atoms with Crippen LogP contribution in [0.15, 0.2) is 24.3 Å². The summed E-state index contributed by atoms with van der Waals surface area (Å²) in [4.78, 5) is 0. The normalized spacial score (nSPS) is 13.7. The molecule has 3 heterocycles. The Morgan fingerprint density at radius 3 is 2.00 bits per heavy atom. The van der Waals surface area contributed by atoms with Crippen LogP contribution in [0.4, 0.5) is 0 Å². The maximum Gasteiger partial charge on any atom is 0.244 e. The van der Waals surface area contributed by atoms with Crippen molar-refractivity contribution >= 4 is 11.6 Å². The molecule has 4 rings (SSSR count). The van der Waals surface area contributed by atoms with Crippen LogP contribution in [-0.4, -0.2) is 20.4 Å². The summed E-state index contributed by atoms with van der Waals surface area (Å²) in [5.74, 6) is 1.22. The highest BCUT2D eigenvalue weighted by atomic mass is 35.5. The van der Waals surface area contributed by atoms with Gasteiger partial charge in [-0.3, -0.25) is 10.2 Å². The number of aryl methyl sites for hydroxylation is 2.